The number of fused-ring (bicyclic) bond motifs is 6. The van der Waals surface area contributed by atoms with E-state index in [0.29, 0.717) is 0 Å². The summed E-state index contributed by atoms with van der Waals surface area (Å²) in [5, 5.41) is 4.53. The van der Waals surface area contributed by atoms with Gasteiger partial charge in [-0.1, -0.05) is 66.7 Å². The van der Waals surface area contributed by atoms with Crippen molar-refractivity contribution in [3.05, 3.63) is 177 Å². The Bertz CT molecular complexity index is 2830. The highest BCUT2D eigenvalue weighted by molar-refractivity contribution is 6.17. The lowest BCUT2D eigenvalue weighted by molar-refractivity contribution is 0.669. The number of hydrogen-bond acceptors (Lipinski definition) is 4. The molecule has 4 aromatic heterocycles. The number of nitrogens with zero attached hydrogens (tertiary/aromatic N) is 4. The number of rotatable bonds is 5. The van der Waals surface area contributed by atoms with Gasteiger partial charge < -0.3 is 8.98 Å². The highest BCUT2D eigenvalue weighted by Crippen LogP contribution is 2.40. The quantitative estimate of drug-likeness (QED) is 0.171. The third kappa shape index (κ3) is 5.22. The molecule has 5 heteroatoms. The van der Waals surface area contributed by atoms with Gasteiger partial charge in [-0.15, -0.1) is 13.2 Å². The molecule has 0 saturated heterocycles. The summed E-state index contributed by atoms with van der Waals surface area (Å²) < 4.78 is 8.89. The molecule has 5 heterocycles. The van der Waals surface area contributed by atoms with Crippen LogP contribution >= 0.6 is 0 Å². The number of allylic oxidation sites excluding steroid dienone is 1. The first-order valence-electron chi connectivity index (χ1n) is 17.5. The van der Waals surface area contributed by atoms with E-state index in [0.717, 1.165) is 96.5 Å². The Labute approximate surface area is 301 Å². The number of hydrogen-bond donors (Lipinski definition) is 0. The molecule has 10 rings (SSSR count). The summed E-state index contributed by atoms with van der Waals surface area (Å²) in [6.45, 7) is 6.78. The van der Waals surface area contributed by atoms with Crippen LogP contribution in [0.2, 0.25) is 0 Å². The number of benzene rings is 5. The molecule has 0 unspecified atom stereocenters. The maximum absolute atomic E-state index is 6.52. The normalized spacial score (nSPS) is 12.7. The molecule has 0 spiro atoms. The van der Waals surface area contributed by atoms with Crippen LogP contribution in [0.15, 0.2) is 181 Å². The van der Waals surface area contributed by atoms with E-state index in [-0.39, 0.29) is 0 Å². The van der Waals surface area contributed by atoms with E-state index < -0.39 is 0 Å². The van der Waals surface area contributed by atoms with Crippen molar-refractivity contribution in [3.8, 4) is 39.3 Å². The second kappa shape index (κ2) is 13.1. The van der Waals surface area contributed by atoms with Gasteiger partial charge in [0.2, 0.25) is 0 Å². The summed E-state index contributed by atoms with van der Waals surface area (Å²) in [5.41, 5.74) is 13.4. The first kappa shape index (κ1) is 31.2. The zero-order valence-corrected chi connectivity index (χ0v) is 28.5. The molecule has 0 N–H and O–H groups in total. The van der Waals surface area contributed by atoms with Gasteiger partial charge in [-0.05, 0) is 96.4 Å². The number of pyridine rings is 2. The Morgan fingerprint density at radius 2 is 1.25 bits per heavy atom. The Kier molecular flexibility index (Phi) is 7.86. The van der Waals surface area contributed by atoms with Crippen LogP contribution in [0.4, 0.5) is 0 Å². The van der Waals surface area contributed by atoms with Crippen LogP contribution in [0.1, 0.15) is 12.0 Å². The average Bonchev–Trinajstić information content (AvgIpc) is 3.76. The molecule has 248 valence electrons. The van der Waals surface area contributed by atoms with Gasteiger partial charge >= 0.3 is 0 Å². The van der Waals surface area contributed by atoms with Crippen molar-refractivity contribution < 1.29 is 4.42 Å². The van der Waals surface area contributed by atoms with Gasteiger partial charge in [-0.2, -0.15) is 0 Å². The summed E-state index contributed by atoms with van der Waals surface area (Å²) in [6, 6.07) is 47.0. The molecule has 0 aliphatic carbocycles. The maximum atomic E-state index is 6.52. The molecule has 0 saturated carbocycles. The van der Waals surface area contributed by atoms with Crippen LogP contribution in [0.5, 0.6) is 0 Å². The Balaban J connectivity index is 0.00000177. The summed E-state index contributed by atoms with van der Waals surface area (Å²) in [6.07, 6.45) is 8.96. The number of dihydropyridines is 1. The van der Waals surface area contributed by atoms with Gasteiger partial charge in [0.05, 0.1) is 28.1 Å². The number of furan rings is 1. The molecule has 0 fully saturated rings. The molecule has 0 amide bonds. The van der Waals surface area contributed by atoms with Gasteiger partial charge in [-0.3, -0.25) is 15.0 Å². The van der Waals surface area contributed by atoms with Crippen molar-refractivity contribution in [3.63, 3.8) is 0 Å². The average molecular weight is 671 g/mol. The third-order valence-electron chi connectivity index (χ3n) is 9.77. The molecule has 5 aromatic carbocycles. The second-order valence-corrected chi connectivity index (χ2v) is 12.7. The SMILES string of the molecule is C1=CC(c2cc3oc4ccc(-n5c6ccccc6c6cc(-c7ccccc7-c7ccccn7)ccc65)cc4c3cc2-c2ccccn2)=NCC1.C=C. The summed E-state index contributed by atoms with van der Waals surface area (Å²) >= 11 is 0. The molecular weight excluding hydrogens is 637 g/mol. The Morgan fingerprint density at radius 1 is 0.538 bits per heavy atom. The predicted octanol–water partition coefficient (Wildman–Crippen LogP) is 12.0. The van der Waals surface area contributed by atoms with Crippen molar-refractivity contribution >= 4 is 49.5 Å². The van der Waals surface area contributed by atoms with Crippen LogP contribution in [-0.4, -0.2) is 26.8 Å². The number of para-hydroxylation sites is 1. The minimum atomic E-state index is 0.784. The molecule has 1 aliphatic rings. The van der Waals surface area contributed by atoms with Gasteiger partial charge in [0.25, 0.3) is 0 Å². The number of aromatic nitrogens is 3. The van der Waals surface area contributed by atoms with E-state index in [2.05, 4.69) is 144 Å². The first-order valence-corrected chi connectivity index (χ1v) is 17.5. The molecule has 1 aliphatic heterocycles. The van der Waals surface area contributed by atoms with Crippen molar-refractivity contribution in [2.75, 3.05) is 6.54 Å². The fourth-order valence-electron chi connectivity index (χ4n) is 7.48. The smallest absolute Gasteiger partial charge is 0.136 e. The highest BCUT2D eigenvalue weighted by atomic mass is 16.3. The standard InChI is InChI=1S/C45H30N4O.C2H4/c1-2-12-32(39-14-5-8-22-46-39)31(11-1)29-18-20-43-36(25-29)33-13-3-4-17-42(33)49(43)30-19-21-44-37(26-30)38-27-34(40-15-6-9-23-47-40)35(28-45(38)50-44)41-16-7-10-24-48-41;1-2/h1-9,11-23,25-28H,10,24H2;1-2H2. The fraction of sp³-hybridized carbons (Fsp3) is 0.0426. The highest BCUT2D eigenvalue weighted by Gasteiger charge is 2.19. The zero-order valence-electron chi connectivity index (χ0n) is 28.5. The van der Waals surface area contributed by atoms with E-state index in [1.165, 1.54) is 10.8 Å². The lowest BCUT2D eigenvalue weighted by atomic mass is 9.96. The van der Waals surface area contributed by atoms with Gasteiger partial charge in [-0.25, -0.2) is 0 Å². The van der Waals surface area contributed by atoms with Gasteiger partial charge in [0.15, 0.2) is 0 Å². The predicted molar refractivity (Wildman–Crippen MR) is 216 cm³/mol. The van der Waals surface area contributed by atoms with E-state index in [4.69, 9.17) is 14.4 Å². The zero-order chi connectivity index (χ0) is 35.0. The van der Waals surface area contributed by atoms with E-state index >= 15 is 0 Å². The Morgan fingerprint density at radius 3 is 2.02 bits per heavy atom. The third-order valence-corrected chi connectivity index (χ3v) is 9.77. The minimum Gasteiger partial charge on any atom is -0.456 e. The van der Waals surface area contributed by atoms with Crippen LogP contribution in [0.25, 0.3) is 83.1 Å². The van der Waals surface area contributed by atoms with E-state index in [9.17, 15) is 0 Å². The maximum Gasteiger partial charge on any atom is 0.136 e. The van der Waals surface area contributed by atoms with Gasteiger partial charge in [0.1, 0.15) is 11.2 Å². The lowest BCUT2D eigenvalue weighted by Gasteiger charge is -2.12. The second-order valence-electron chi connectivity index (χ2n) is 12.7. The molecule has 0 atom stereocenters. The fourth-order valence-corrected chi connectivity index (χ4v) is 7.48. The molecule has 5 nitrogen and oxygen atoms in total. The largest absolute Gasteiger partial charge is 0.456 e. The summed E-state index contributed by atoms with van der Waals surface area (Å²) in [5.74, 6) is 0. The van der Waals surface area contributed by atoms with Gasteiger partial charge in [0, 0.05) is 62.9 Å². The lowest BCUT2D eigenvalue weighted by Crippen LogP contribution is -2.05. The minimum absolute atomic E-state index is 0.784. The van der Waals surface area contributed by atoms with E-state index in [1.807, 2.05) is 36.7 Å². The molecule has 0 radical (unpaired) electrons. The summed E-state index contributed by atoms with van der Waals surface area (Å²) in [7, 11) is 0. The number of aliphatic imine (C=N–C) groups is 1. The van der Waals surface area contributed by atoms with E-state index in [1.54, 1.807) is 0 Å². The monoisotopic (exact) mass is 670 g/mol. The van der Waals surface area contributed by atoms with Crippen molar-refractivity contribution in [1.29, 1.82) is 0 Å². The first-order chi connectivity index (χ1) is 25.8. The topological polar surface area (TPSA) is 56.2 Å². The Hall–Kier alpha value is -6.85. The molecule has 9 aromatic rings. The van der Waals surface area contributed by atoms with Crippen LogP contribution in [-0.2, 0) is 0 Å². The van der Waals surface area contributed by atoms with Crippen molar-refractivity contribution in [2.45, 2.75) is 6.42 Å². The van der Waals surface area contributed by atoms with Crippen molar-refractivity contribution in [2.24, 2.45) is 4.99 Å². The van der Waals surface area contributed by atoms with Crippen molar-refractivity contribution in [1.82, 2.24) is 14.5 Å². The van der Waals surface area contributed by atoms with Crippen LogP contribution in [0.3, 0.4) is 0 Å². The summed E-state index contributed by atoms with van der Waals surface area (Å²) in [4.78, 5) is 14.2. The molecular formula is C47H34N4O. The van der Waals surface area contributed by atoms with Crippen LogP contribution < -0.4 is 0 Å². The van der Waals surface area contributed by atoms with Crippen LogP contribution in [0, 0.1) is 0 Å². The molecule has 0 bridgehead atoms. The molecule has 52 heavy (non-hydrogen) atoms.